The van der Waals surface area contributed by atoms with E-state index < -0.39 is 0 Å². The lowest BCUT2D eigenvalue weighted by molar-refractivity contribution is 0.128. The molecule has 0 amide bonds. The van der Waals surface area contributed by atoms with E-state index in [1.54, 1.807) is 0 Å². The first-order chi connectivity index (χ1) is 12.4. The van der Waals surface area contributed by atoms with Crippen molar-refractivity contribution in [3.8, 4) is 0 Å². The highest BCUT2D eigenvalue weighted by molar-refractivity contribution is 7.10. The Balaban J connectivity index is 1.93. The van der Waals surface area contributed by atoms with E-state index in [9.17, 15) is 0 Å². The van der Waals surface area contributed by atoms with Gasteiger partial charge in [-0.05, 0) is 71.5 Å². The van der Waals surface area contributed by atoms with Crippen molar-refractivity contribution in [1.29, 1.82) is 0 Å². The molecule has 2 rings (SSSR count). The zero-order chi connectivity index (χ0) is 19.0. The maximum Gasteiger partial charge on any atom is 0.191 e. The van der Waals surface area contributed by atoms with Gasteiger partial charge in [-0.15, -0.1) is 11.3 Å². The lowest BCUT2D eigenvalue weighted by Crippen LogP contribution is -2.45. The molecule has 0 aromatic carbocycles. The molecule has 2 atom stereocenters. The molecule has 6 heteroatoms. The van der Waals surface area contributed by atoms with Crippen LogP contribution in [0.5, 0.6) is 0 Å². The lowest BCUT2D eigenvalue weighted by atomic mass is 9.88. The molecule has 0 bridgehead atoms. The third kappa shape index (κ3) is 6.89. The van der Waals surface area contributed by atoms with E-state index in [-0.39, 0.29) is 5.54 Å². The van der Waals surface area contributed by atoms with Crippen molar-refractivity contribution in [2.45, 2.75) is 52.1 Å². The van der Waals surface area contributed by atoms with Crippen LogP contribution in [0.2, 0.25) is 0 Å². The van der Waals surface area contributed by atoms with Crippen LogP contribution in [0.25, 0.3) is 0 Å². The van der Waals surface area contributed by atoms with Gasteiger partial charge in [-0.3, -0.25) is 9.89 Å². The molecule has 1 aliphatic rings. The Morgan fingerprint density at radius 1 is 1.31 bits per heavy atom. The SMILES string of the molecule is CCNC(=NCC1CCCN(C)C1c1cccs1)NCCNC(C)(C)C. The first-order valence-corrected chi connectivity index (χ1v) is 10.8. The van der Waals surface area contributed by atoms with E-state index in [2.05, 4.69) is 73.1 Å². The molecule has 0 saturated carbocycles. The number of piperidine rings is 1. The predicted molar refractivity (Wildman–Crippen MR) is 114 cm³/mol. The van der Waals surface area contributed by atoms with Gasteiger partial charge in [-0.2, -0.15) is 0 Å². The van der Waals surface area contributed by atoms with Gasteiger partial charge in [0, 0.05) is 42.6 Å². The van der Waals surface area contributed by atoms with Crippen LogP contribution < -0.4 is 16.0 Å². The monoisotopic (exact) mass is 379 g/mol. The summed E-state index contributed by atoms with van der Waals surface area (Å²) in [7, 11) is 2.25. The quantitative estimate of drug-likeness (QED) is 0.387. The van der Waals surface area contributed by atoms with Gasteiger partial charge in [0.15, 0.2) is 5.96 Å². The van der Waals surface area contributed by atoms with Crippen molar-refractivity contribution in [3.63, 3.8) is 0 Å². The maximum atomic E-state index is 4.91. The zero-order valence-electron chi connectivity index (χ0n) is 17.1. The predicted octanol–water partition coefficient (Wildman–Crippen LogP) is 3.07. The fourth-order valence-corrected chi connectivity index (χ4v) is 4.51. The maximum absolute atomic E-state index is 4.91. The van der Waals surface area contributed by atoms with Crippen LogP contribution in [0.15, 0.2) is 22.5 Å². The van der Waals surface area contributed by atoms with Gasteiger partial charge >= 0.3 is 0 Å². The van der Waals surface area contributed by atoms with E-state index >= 15 is 0 Å². The summed E-state index contributed by atoms with van der Waals surface area (Å²) in [6.07, 6.45) is 2.51. The Hall–Kier alpha value is -1.11. The number of likely N-dealkylation sites (tertiary alicyclic amines) is 1. The zero-order valence-corrected chi connectivity index (χ0v) is 18.0. The Labute approximate surface area is 163 Å². The van der Waals surface area contributed by atoms with Crippen molar-refractivity contribution in [2.75, 3.05) is 39.8 Å². The second-order valence-corrected chi connectivity index (χ2v) is 9.15. The minimum absolute atomic E-state index is 0.151. The third-order valence-corrected chi connectivity index (χ3v) is 5.69. The van der Waals surface area contributed by atoms with Crippen molar-refractivity contribution in [1.82, 2.24) is 20.9 Å². The molecule has 0 aliphatic carbocycles. The second kappa shape index (κ2) is 10.3. The van der Waals surface area contributed by atoms with Gasteiger partial charge < -0.3 is 16.0 Å². The molecular weight excluding hydrogens is 342 g/mol. The van der Waals surface area contributed by atoms with E-state index in [0.717, 1.165) is 32.1 Å². The number of guanidine groups is 1. The molecule has 148 valence electrons. The first-order valence-electron chi connectivity index (χ1n) is 9.91. The largest absolute Gasteiger partial charge is 0.357 e. The molecule has 2 heterocycles. The smallest absolute Gasteiger partial charge is 0.191 e. The van der Waals surface area contributed by atoms with Crippen LogP contribution in [-0.2, 0) is 0 Å². The van der Waals surface area contributed by atoms with Crippen LogP contribution >= 0.6 is 11.3 Å². The number of rotatable bonds is 7. The highest BCUT2D eigenvalue weighted by atomic mass is 32.1. The van der Waals surface area contributed by atoms with Gasteiger partial charge in [0.1, 0.15) is 0 Å². The molecule has 2 unspecified atom stereocenters. The van der Waals surface area contributed by atoms with E-state index in [1.807, 2.05) is 11.3 Å². The topological polar surface area (TPSA) is 51.7 Å². The van der Waals surface area contributed by atoms with Gasteiger partial charge in [0.25, 0.3) is 0 Å². The first kappa shape index (κ1) is 21.2. The summed E-state index contributed by atoms with van der Waals surface area (Å²) in [4.78, 5) is 8.89. The Bertz CT molecular complexity index is 535. The van der Waals surface area contributed by atoms with E-state index in [1.165, 1.54) is 24.3 Å². The number of nitrogens with one attached hydrogen (secondary N) is 3. The molecule has 1 saturated heterocycles. The molecule has 5 nitrogen and oxygen atoms in total. The average Bonchev–Trinajstić information content (AvgIpc) is 3.09. The Kier molecular flexibility index (Phi) is 8.38. The standard InChI is InChI=1S/C20H37N5S/c1-6-21-19(22-11-12-24-20(2,3)4)23-15-16-9-7-13-25(5)18(16)17-10-8-14-26-17/h8,10,14,16,18,24H,6-7,9,11-13,15H2,1-5H3,(H2,21,22,23). The summed E-state index contributed by atoms with van der Waals surface area (Å²) in [6.45, 7) is 13.4. The molecular formula is C20H37N5S. The molecule has 3 N–H and O–H groups in total. The third-order valence-electron chi connectivity index (χ3n) is 4.74. The van der Waals surface area contributed by atoms with E-state index in [4.69, 9.17) is 4.99 Å². The van der Waals surface area contributed by atoms with Gasteiger partial charge in [-0.1, -0.05) is 6.07 Å². The van der Waals surface area contributed by atoms with Crippen molar-refractivity contribution in [2.24, 2.45) is 10.9 Å². The van der Waals surface area contributed by atoms with Crippen molar-refractivity contribution < 1.29 is 0 Å². The van der Waals surface area contributed by atoms with Crippen LogP contribution in [0, 0.1) is 5.92 Å². The molecule has 26 heavy (non-hydrogen) atoms. The van der Waals surface area contributed by atoms with Crippen LogP contribution in [0.1, 0.15) is 51.5 Å². The normalized spacial score (nSPS) is 22.4. The Morgan fingerprint density at radius 3 is 2.77 bits per heavy atom. The molecule has 0 spiro atoms. The lowest BCUT2D eigenvalue weighted by Gasteiger charge is -2.38. The molecule has 1 aromatic rings. The highest BCUT2D eigenvalue weighted by Crippen LogP contribution is 2.37. The molecule has 0 radical (unpaired) electrons. The minimum Gasteiger partial charge on any atom is -0.357 e. The van der Waals surface area contributed by atoms with Gasteiger partial charge in [0.2, 0.25) is 0 Å². The summed E-state index contributed by atoms with van der Waals surface area (Å²) in [5, 5.41) is 12.5. The van der Waals surface area contributed by atoms with Crippen molar-refractivity contribution >= 4 is 17.3 Å². The Morgan fingerprint density at radius 2 is 2.12 bits per heavy atom. The van der Waals surface area contributed by atoms with Gasteiger partial charge in [-0.25, -0.2) is 0 Å². The summed E-state index contributed by atoms with van der Waals surface area (Å²) in [6, 6.07) is 4.93. The van der Waals surface area contributed by atoms with Crippen LogP contribution in [0.4, 0.5) is 0 Å². The number of hydrogen-bond acceptors (Lipinski definition) is 4. The molecule has 1 aliphatic heterocycles. The summed E-state index contributed by atoms with van der Waals surface area (Å²) >= 11 is 1.87. The number of nitrogens with zero attached hydrogens (tertiary/aromatic N) is 2. The fraction of sp³-hybridized carbons (Fsp3) is 0.750. The minimum atomic E-state index is 0.151. The fourth-order valence-electron chi connectivity index (χ4n) is 3.53. The van der Waals surface area contributed by atoms with Crippen LogP contribution in [-0.4, -0.2) is 56.2 Å². The van der Waals surface area contributed by atoms with Crippen molar-refractivity contribution in [3.05, 3.63) is 22.4 Å². The van der Waals surface area contributed by atoms with Gasteiger partial charge in [0.05, 0.1) is 0 Å². The second-order valence-electron chi connectivity index (χ2n) is 8.17. The average molecular weight is 380 g/mol. The van der Waals surface area contributed by atoms with Crippen LogP contribution in [0.3, 0.4) is 0 Å². The van der Waals surface area contributed by atoms with E-state index in [0.29, 0.717) is 12.0 Å². The summed E-state index contributed by atoms with van der Waals surface area (Å²) < 4.78 is 0. The number of thiophene rings is 1. The summed E-state index contributed by atoms with van der Waals surface area (Å²) in [5.41, 5.74) is 0.151. The highest BCUT2D eigenvalue weighted by Gasteiger charge is 2.31. The number of aliphatic imine (C=N–C) groups is 1. The molecule has 1 fully saturated rings. The summed E-state index contributed by atoms with van der Waals surface area (Å²) in [5.74, 6) is 1.51. The number of hydrogen-bond donors (Lipinski definition) is 3. The molecule has 1 aromatic heterocycles.